The number of ether oxygens (including phenoxy) is 4. The first kappa shape index (κ1) is 24.3. The van der Waals surface area contributed by atoms with Crippen LogP contribution in [0, 0.1) is 10.1 Å². The molecule has 34 heavy (non-hydrogen) atoms. The first-order valence-corrected chi connectivity index (χ1v) is 10.6. The standard InChI is InChI=1S/C26H25NO7/c1-3-32-26(28)22(27(29)30)14-21-15-24(31-2)25(34-18-20-12-8-5-9-13-20)16-23(21)33-17-19-10-6-4-7-11-19/h4-16H,3,17-18H2,1-2H3/b22-14+. The van der Waals surface area contributed by atoms with Gasteiger partial charge in [-0.15, -0.1) is 0 Å². The predicted octanol–water partition coefficient (Wildman–Crippen LogP) is 5.03. The van der Waals surface area contributed by atoms with Crippen LogP contribution in [-0.4, -0.2) is 24.6 Å². The molecule has 0 aliphatic carbocycles. The van der Waals surface area contributed by atoms with Crippen molar-refractivity contribution < 1.29 is 28.7 Å². The highest BCUT2D eigenvalue weighted by Gasteiger charge is 2.25. The second-order valence-electron chi connectivity index (χ2n) is 7.10. The lowest BCUT2D eigenvalue weighted by Gasteiger charge is -2.16. The number of nitro groups is 1. The van der Waals surface area contributed by atoms with Gasteiger partial charge in [0.1, 0.15) is 19.0 Å². The van der Waals surface area contributed by atoms with E-state index in [-0.39, 0.29) is 31.1 Å². The summed E-state index contributed by atoms with van der Waals surface area (Å²) < 4.78 is 22.2. The van der Waals surface area contributed by atoms with Crippen LogP contribution in [0.1, 0.15) is 23.6 Å². The normalized spacial score (nSPS) is 10.9. The van der Waals surface area contributed by atoms with E-state index in [1.165, 1.54) is 13.2 Å². The Morgan fingerprint density at radius 3 is 1.94 bits per heavy atom. The Labute approximate surface area is 197 Å². The number of hydrogen-bond acceptors (Lipinski definition) is 7. The van der Waals surface area contributed by atoms with Gasteiger partial charge in [0.05, 0.1) is 18.6 Å². The topological polar surface area (TPSA) is 97.1 Å². The quantitative estimate of drug-likeness (QED) is 0.170. The number of benzene rings is 3. The van der Waals surface area contributed by atoms with E-state index in [2.05, 4.69) is 0 Å². The number of nitrogens with zero attached hydrogens (tertiary/aromatic N) is 1. The molecule has 0 saturated heterocycles. The Balaban J connectivity index is 1.99. The number of carbonyl (C=O) groups excluding carboxylic acids is 1. The highest BCUT2D eigenvalue weighted by atomic mass is 16.6. The second-order valence-corrected chi connectivity index (χ2v) is 7.10. The zero-order valence-corrected chi connectivity index (χ0v) is 18.9. The second kappa shape index (κ2) is 12.1. The van der Waals surface area contributed by atoms with Crippen LogP contribution < -0.4 is 14.2 Å². The van der Waals surface area contributed by atoms with E-state index in [9.17, 15) is 14.9 Å². The lowest BCUT2D eigenvalue weighted by atomic mass is 10.1. The largest absolute Gasteiger partial charge is 0.493 e. The summed E-state index contributed by atoms with van der Waals surface area (Å²) in [4.78, 5) is 22.9. The van der Waals surface area contributed by atoms with Gasteiger partial charge in [0.2, 0.25) is 0 Å². The summed E-state index contributed by atoms with van der Waals surface area (Å²) in [7, 11) is 1.46. The molecule has 8 nitrogen and oxygen atoms in total. The predicted molar refractivity (Wildman–Crippen MR) is 126 cm³/mol. The van der Waals surface area contributed by atoms with Crippen molar-refractivity contribution in [2.75, 3.05) is 13.7 Å². The molecule has 0 aromatic heterocycles. The van der Waals surface area contributed by atoms with Gasteiger partial charge in [-0.2, -0.15) is 0 Å². The summed E-state index contributed by atoms with van der Waals surface area (Å²) >= 11 is 0. The molecule has 0 saturated carbocycles. The van der Waals surface area contributed by atoms with E-state index in [1.54, 1.807) is 13.0 Å². The van der Waals surface area contributed by atoms with Crippen molar-refractivity contribution in [2.24, 2.45) is 0 Å². The minimum atomic E-state index is -1.04. The molecule has 8 heteroatoms. The SMILES string of the molecule is CCOC(=O)/C(=C\c1cc(OC)c(OCc2ccccc2)cc1OCc1ccccc1)[N+](=O)[O-]. The molecule has 0 heterocycles. The maximum Gasteiger partial charge on any atom is 0.409 e. The van der Waals surface area contributed by atoms with Gasteiger partial charge in [-0.3, -0.25) is 10.1 Å². The van der Waals surface area contributed by atoms with Crippen LogP contribution in [0.4, 0.5) is 0 Å². The molecule has 0 N–H and O–H groups in total. The molecule has 0 radical (unpaired) electrons. The van der Waals surface area contributed by atoms with Gasteiger partial charge in [0, 0.05) is 17.7 Å². The van der Waals surface area contributed by atoms with Crippen LogP contribution in [0.25, 0.3) is 6.08 Å². The van der Waals surface area contributed by atoms with Gasteiger partial charge >= 0.3 is 11.7 Å². The minimum Gasteiger partial charge on any atom is -0.493 e. The summed E-state index contributed by atoms with van der Waals surface area (Å²) in [5, 5.41) is 11.5. The van der Waals surface area contributed by atoms with E-state index < -0.39 is 16.6 Å². The molecule has 0 aliphatic heterocycles. The Morgan fingerprint density at radius 1 is 0.882 bits per heavy atom. The molecule has 0 unspecified atom stereocenters. The number of methoxy groups -OCH3 is 1. The van der Waals surface area contributed by atoms with Crippen molar-refractivity contribution in [2.45, 2.75) is 20.1 Å². The van der Waals surface area contributed by atoms with Crippen molar-refractivity contribution >= 4 is 12.0 Å². The van der Waals surface area contributed by atoms with Crippen LogP contribution in [0.3, 0.4) is 0 Å². The van der Waals surface area contributed by atoms with Crippen molar-refractivity contribution in [3.63, 3.8) is 0 Å². The zero-order chi connectivity index (χ0) is 24.3. The smallest absolute Gasteiger partial charge is 0.409 e. The molecule has 3 rings (SSSR count). The minimum absolute atomic E-state index is 0.0109. The molecule has 0 spiro atoms. The third kappa shape index (κ3) is 6.59. The summed E-state index contributed by atoms with van der Waals surface area (Å²) in [6, 6.07) is 22.2. The molecule has 0 amide bonds. The van der Waals surface area contributed by atoms with Crippen molar-refractivity contribution in [1.29, 1.82) is 0 Å². The first-order valence-electron chi connectivity index (χ1n) is 10.6. The Morgan fingerprint density at radius 2 is 1.44 bits per heavy atom. The highest BCUT2D eigenvalue weighted by molar-refractivity contribution is 5.91. The third-order valence-electron chi connectivity index (χ3n) is 4.74. The van der Waals surface area contributed by atoms with Gasteiger partial charge < -0.3 is 18.9 Å². The van der Waals surface area contributed by atoms with E-state index in [1.807, 2.05) is 60.7 Å². The van der Waals surface area contributed by atoms with E-state index >= 15 is 0 Å². The summed E-state index contributed by atoms with van der Waals surface area (Å²) in [6.45, 7) is 2.08. The lowest BCUT2D eigenvalue weighted by Crippen LogP contribution is -2.14. The molecule has 0 aliphatic rings. The molecular weight excluding hydrogens is 438 g/mol. The highest BCUT2D eigenvalue weighted by Crippen LogP contribution is 2.37. The number of hydrogen-bond donors (Lipinski definition) is 0. The summed E-state index contributed by atoms with van der Waals surface area (Å²) in [5.74, 6) is -0.0209. The van der Waals surface area contributed by atoms with Crippen molar-refractivity contribution in [3.05, 3.63) is 105 Å². The van der Waals surface area contributed by atoms with Crippen LogP contribution in [0.15, 0.2) is 78.5 Å². The summed E-state index contributed by atoms with van der Waals surface area (Å²) in [5.41, 5.74) is 1.42. The summed E-state index contributed by atoms with van der Waals surface area (Å²) in [6.07, 6.45) is 1.11. The average molecular weight is 463 g/mol. The molecule has 0 fully saturated rings. The molecule has 3 aromatic rings. The van der Waals surface area contributed by atoms with E-state index in [0.717, 1.165) is 17.2 Å². The molecule has 3 aromatic carbocycles. The molecular formula is C26H25NO7. The van der Waals surface area contributed by atoms with Gasteiger partial charge in [-0.05, 0) is 24.1 Å². The van der Waals surface area contributed by atoms with Gasteiger partial charge in [-0.1, -0.05) is 60.7 Å². The fourth-order valence-corrected chi connectivity index (χ4v) is 3.08. The number of rotatable bonds is 11. The van der Waals surface area contributed by atoms with E-state index in [4.69, 9.17) is 18.9 Å². The Bertz CT molecular complexity index is 1140. The van der Waals surface area contributed by atoms with Crippen LogP contribution in [-0.2, 0) is 22.7 Å². The van der Waals surface area contributed by atoms with Gasteiger partial charge in [0.25, 0.3) is 0 Å². The van der Waals surface area contributed by atoms with Crippen LogP contribution in [0.5, 0.6) is 17.2 Å². The molecule has 0 bridgehead atoms. The first-order chi connectivity index (χ1) is 16.5. The molecule has 176 valence electrons. The van der Waals surface area contributed by atoms with Crippen molar-refractivity contribution in [1.82, 2.24) is 0 Å². The zero-order valence-electron chi connectivity index (χ0n) is 18.9. The molecule has 0 atom stereocenters. The van der Waals surface area contributed by atoms with Crippen LogP contribution >= 0.6 is 0 Å². The van der Waals surface area contributed by atoms with Gasteiger partial charge in [0.15, 0.2) is 11.5 Å². The van der Waals surface area contributed by atoms with Crippen molar-refractivity contribution in [3.8, 4) is 17.2 Å². The maximum absolute atomic E-state index is 12.1. The van der Waals surface area contributed by atoms with Gasteiger partial charge in [-0.25, -0.2) is 4.79 Å². The number of carbonyl (C=O) groups is 1. The lowest BCUT2D eigenvalue weighted by molar-refractivity contribution is -0.419. The monoisotopic (exact) mass is 463 g/mol. The third-order valence-corrected chi connectivity index (χ3v) is 4.74. The maximum atomic E-state index is 12.1. The average Bonchev–Trinajstić information content (AvgIpc) is 2.86. The fourth-order valence-electron chi connectivity index (χ4n) is 3.08. The number of esters is 1. The van der Waals surface area contributed by atoms with Crippen LogP contribution in [0.2, 0.25) is 0 Å². The van der Waals surface area contributed by atoms with E-state index in [0.29, 0.717) is 11.5 Å². The fraction of sp³-hybridized carbons (Fsp3) is 0.192. The Kier molecular flexibility index (Phi) is 8.62. The Hall–Kier alpha value is -4.33.